The predicted octanol–water partition coefficient (Wildman–Crippen LogP) is 2.52. The van der Waals surface area contributed by atoms with Crippen molar-refractivity contribution in [3.63, 3.8) is 0 Å². The molecule has 0 aliphatic heterocycles. The van der Waals surface area contributed by atoms with Gasteiger partial charge in [-0.15, -0.1) is 0 Å². The molecule has 0 saturated carbocycles. The largest absolute Gasteiger partial charge is 0.350 e. The van der Waals surface area contributed by atoms with Crippen LogP contribution < -0.4 is 11.2 Å². The summed E-state index contributed by atoms with van der Waals surface area (Å²) in [5.74, 6) is 0. The number of hydrogen-bond donors (Lipinski definition) is 2. The van der Waals surface area contributed by atoms with Crippen LogP contribution in [0.3, 0.4) is 0 Å². The zero-order valence-corrected chi connectivity index (χ0v) is 10.1. The van der Waals surface area contributed by atoms with Crippen molar-refractivity contribution < 1.29 is 4.79 Å². The van der Waals surface area contributed by atoms with Gasteiger partial charge in [0.25, 0.3) is 0 Å². The van der Waals surface area contributed by atoms with E-state index >= 15 is 0 Å². The van der Waals surface area contributed by atoms with E-state index in [2.05, 4.69) is 10.5 Å². The van der Waals surface area contributed by atoms with Gasteiger partial charge in [-0.1, -0.05) is 43.3 Å². The number of carbonyl (C=O) groups excluding carboxylic acids is 1. The molecule has 1 aromatic rings. The Morgan fingerprint density at radius 1 is 1.41 bits per heavy atom. The molecular formula is C13H17N3O. The van der Waals surface area contributed by atoms with E-state index < -0.39 is 6.03 Å². The molecule has 17 heavy (non-hydrogen) atoms. The summed E-state index contributed by atoms with van der Waals surface area (Å²) in [6.07, 6.45) is 2.75. The summed E-state index contributed by atoms with van der Waals surface area (Å²) in [7, 11) is 0. The molecule has 0 radical (unpaired) electrons. The summed E-state index contributed by atoms with van der Waals surface area (Å²) in [6.45, 7) is 3.93. The molecule has 0 aromatic heterocycles. The second kappa shape index (κ2) is 6.48. The Bertz CT molecular complexity index is 435. The lowest BCUT2D eigenvalue weighted by Crippen LogP contribution is -2.25. The fourth-order valence-electron chi connectivity index (χ4n) is 1.45. The average Bonchev–Trinajstić information content (AvgIpc) is 2.30. The summed E-state index contributed by atoms with van der Waals surface area (Å²) in [5, 5.41) is 3.96. The second-order valence-electron chi connectivity index (χ2n) is 3.63. The van der Waals surface area contributed by atoms with Crippen LogP contribution in [0.25, 0.3) is 6.08 Å². The second-order valence-corrected chi connectivity index (χ2v) is 3.63. The normalized spacial score (nSPS) is 12.4. The molecule has 0 saturated heterocycles. The number of hydrazone groups is 1. The maximum absolute atomic E-state index is 10.6. The first-order valence-corrected chi connectivity index (χ1v) is 5.49. The summed E-state index contributed by atoms with van der Waals surface area (Å²) in [5.41, 5.74) is 10.1. The molecule has 2 amide bonds. The van der Waals surface area contributed by atoms with Gasteiger partial charge in [-0.3, -0.25) is 0 Å². The molecule has 3 N–H and O–H groups in total. The summed E-state index contributed by atoms with van der Waals surface area (Å²) >= 11 is 0. The van der Waals surface area contributed by atoms with Crippen molar-refractivity contribution in [3.05, 3.63) is 41.5 Å². The molecule has 0 aliphatic rings. The molecule has 0 fully saturated rings. The zero-order chi connectivity index (χ0) is 12.7. The maximum Gasteiger partial charge on any atom is 0.332 e. The van der Waals surface area contributed by atoms with Crippen molar-refractivity contribution >= 4 is 17.8 Å². The molecule has 0 unspecified atom stereocenters. The fourth-order valence-corrected chi connectivity index (χ4v) is 1.45. The lowest BCUT2D eigenvalue weighted by molar-refractivity contribution is 0.249. The number of benzene rings is 1. The highest BCUT2D eigenvalue weighted by Crippen LogP contribution is 2.09. The Labute approximate surface area is 101 Å². The van der Waals surface area contributed by atoms with Gasteiger partial charge in [0, 0.05) is 0 Å². The molecule has 4 heteroatoms. The Hall–Kier alpha value is -2.10. The molecule has 1 rings (SSSR count). The van der Waals surface area contributed by atoms with Crippen molar-refractivity contribution in [2.75, 3.05) is 0 Å². The monoisotopic (exact) mass is 231 g/mol. The minimum Gasteiger partial charge on any atom is -0.350 e. The standard InChI is InChI=1S/C13H17N3O/c1-3-12(15-16-13(14)17)10(2)9-11-7-5-4-6-8-11/h4-9H,3H2,1-2H3,(H3,14,16,17)/b10-9+,15-12+. The van der Waals surface area contributed by atoms with E-state index in [9.17, 15) is 4.79 Å². The molecule has 0 spiro atoms. The van der Waals surface area contributed by atoms with Gasteiger partial charge in [-0.2, -0.15) is 5.10 Å². The van der Waals surface area contributed by atoms with Crippen molar-refractivity contribution in [2.45, 2.75) is 20.3 Å². The molecular weight excluding hydrogens is 214 g/mol. The molecule has 0 bridgehead atoms. The van der Waals surface area contributed by atoms with Crippen LogP contribution >= 0.6 is 0 Å². The number of primary amides is 1. The highest BCUT2D eigenvalue weighted by atomic mass is 16.2. The van der Waals surface area contributed by atoms with Gasteiger partial charge in [0.05, 0.1) is 5.71 Å². The van der Waals surface area contributed by atoms with Gasteiger partial charge < -0.3 is 5.73 Å². The minimum atomic E-state index is -0.650. The van der Waals surface area contributed by atoms with E-state index in [1.54, 1.807) is 0 Å². The SMILES string of the molecule is CCC(=N\NC(N)=O)/C(C)=C/c1ccccc1. The number of rotatable bonds is 4. The molecule has 90 valence electrons. The molecule has 4 nitrogen and oxygen atoms in total. The van der Waals surface area contributed by atoms with Crippen molar-refractivity contribution in [1.29, 1.82) is 0 Å². The first kappa shape index (κ1) is 13.0. The summed E-state index contributed by atoms with van der Waals surface area (Å²) in [6, 6.07) is 9.29. The van der Waals surface area contributed by atoms with Crippen LogP contribution in [0.4, 0.5) is 4.79 Å². The number of amides is 2. The van der Waals surface area contributed by atoms with E-state index in [1.165, 1.54) is 0 Å². The van der Waals surface area contributed by atoms with Crippen LogP contribution in [-0.2, 0) is 0 Å². The van der Waals surface area contributed by atoms with Crippen molar-refractivity contribution in [2.24, 2.45) is 10.8 Å². The molecule has 0 heterocycles. The lowest BCUT2D eigenvalue weighted by Gasteiger charge is -2.04. The summed E-state index contributed by atoms with van der Waals surface area (Å²) in [4.78, 5) is 10.6. The van der Waals surface area contributed by atoms with Gasteiger partial charge in [0.2, 0.25) is 0 Å². The lowest BCUT2D eigenvalue weighted by atomic mass is 10.1. The van der Waals surface area contributed by atoms with Gasteiger partial charge in [-0.05, 0) is 24.5 Å². The van der Waals surface area contributed by atoms with Gasteiger partial charge in [0.1, 0.15) is 0 Å². The smallest absolute Gasteiger partial charge is 0.332 e. The molecule has 0 atom stereocenters. The van der Waals surface area contributed by atoms with Crippen molar-refractivity contribution in [3.8, 4) is 0 Å². The number of nitrogens with zero attached hydrogens (tertiary/aromatic N) is 1. The van der Waals surface area contributed by atoms with Crippen LogP contribution in [0, 0.1) is 0 Å². The van der Waals surface area contributed by atoms with E-state index in [4.69, 9.17) is 5.73 Å². The number of carbonyl (C=O) groups is 1. The van der Waals surface area contributed by atoms with E-state index in [0.29, 0.717) is 0 Å². The van der Waals surface area contributed by atoms with Crippen LogP contribution in [0.15, 0.2) is 41.0 Å². The molecule has 0 aliphatic carbocycles. The first-order valence-electron chi connectivity index (χ1n) is 5.49. The Morgan fingerprint density at radius 3 is 2.59 bits per heavy atom. The topological polar surface area (TPSA) is 67.5 Å². The minimum absolute atomic E-state index is 0.650. The van der Waals surface area contributed by atoms with E-state index in [1.807, 2.05) is 50.3 Å². The Kier molecular flexibility index (Phi) is 4.94. The highest BCUT2D eigenvalue weighted by Gasteiger charge is 2.00. The Balaban J connectivity index is 2.86. The Morgan fingerprint density at radius 2 is 2.06 bits per heavy atom. The van der Waals surface area contributed by atoms with Gasteiger partial charge in [0.15, 0.2) is 0 Å². The highest BCUT2D eigenvalue weighted by molar-refractivity contribution is 6.03. The fraction of sp³-hybridized carbons (Fsp3) is 0.231. The molecule has 1 aromatic carbocycles. The third-order valence-corrected chi connectivity index (χ3v) is 2.27. The van der Waals surface area contributed by atoms with Gasteiger partial charge >= 0.3 is 6.03 Å². The first-order chi connectivity index (χ1) is 8.13. The number of urea groups is 1. The van der Waals surface area contributed by atoms with Gasteiger partial charge in [-0.25, -0.2) is 10.2 Å². The maximum atomic E-state index is 10.6. The number of nitrogens with two attached hydrogens (primary N) is 1. The number of hydrogen-bond acceptors (Lipinski definition) is 2. The quantitative estimate of drug-likeness (QED) is 0.606. The number of nitrogens with one attached hydrogen (secondary N) is 1. The van der Waals surface area contributed by atoms with Crippen LogP contribution in [0.1, 0.15) is 25.8 Å². The van der Waals surface area contributed by atoms with Crippen LogP contribution in [0.2, 0.25) is 0 Å². The van der Waals surface area contributed by atoms with Crippen molar-refractivity contribution in [1.82, 2.24) is 5.43 Å². The van der Waals surface area contributed by atoms with Crippen LogP contribution in [-0.4, -0.2) is 11.7 Å². The zero-order valence-electron chi connectivity index (χ0n) is 10.1. The average molecular weight is 231 g/mol. The van der Waals surface area contributed by atoms with E-state index in [-0.39, 0.29) is 0 Å². The number of allylic oxidation sites excluding steroid dienone is 1. The summed E-state index contributed by atoms with van der Waals surface area (Å²) < 4.78 is 0. The predicted molar refractivity (Wildman–Crippen MR) is 70.5 cm³/mol. The van der Waals surface area contributed by atoms with E-state index in [0.717, 1.165) is 23.3 Å². The third-order valence-electron chi connectivity index (χ3n) is 2.27. The third kappa shape index (κ3) is 4.51. The van der Waals surface area contributed by atoms with Crippen LogP contribution in [0.5, 0.6) is 0 Å².